The highest BCUT2D eigenvalue weighted by Gasteiger charge is 2.32. The Morgan fingerprint density at radius 2 is 2.21 bits per heavy atom. The maximum Gasteiger partial charge on any atom is 0.218 e. The lowest BCUT2D eigenvalue weighted by molar-refractivity contribution is 0.131. The van der Waals surface area contributed by atoms with E-state index in [2.05, 4.69) is 4.98 Å². The van der Waals surface area contributed by atoms with Gasteiger partial charge in [-0.15, -0.1) is 0 Å². The summed E-state index contributed by atoms with van der Waals surface area (Å²) in [6.07, 6.45) is 2.85. The topological polar surface area (TPSA) is 70.5 Å². The first-order valence-electron chi connectivity index (χ1n) is 6.11. The number of hydrogen-bond acceptors (Lipinski definition) is 4. The van der Waals surface area contributed by atoms with Crippen LogP contribution in [-0.4, -0.2) is 42.5 Å². The Labute approximate surface area is 118 Å². The van der Waals surface area contributed by atoms with Crippen LogP contribution in [-0.2, 0) is 15.8 Å². The highest BCUT2D eigenvalue weighted by atomic mass is 35.5. The molecule has 0 aromatic carbocycles. The molecule has 1 fully saturated rings. The van der Waals surface area contributed by atoms with Gasteiger partial charge in [-0.2, -0.15) is 0 Å². The van der Waals surface area contributed by atoms with E-state index in [4.69, 9.17) is 11.6 Å². The average Bonchev–Trinajstić information content (AvgIpc) is 3.15. The van der Waals surface area contributed by atoms with Gasteiger partial charge < -0.3 is 5.11 Å². The third kappa shape index (κ3) is 4.14. The first-order valence-corrected chi connectivity index (χ1v) is 8.10. The Hall–Kier alpha value is -0.690. The van der Waals surface area contributed by atoms with Crippen molar-refractivity contribution in [2.75, 3.05) is 13.6 Å². The zero-order valence-corrected chi connectivity index (χ0v) is 12.2. The first-order chi connectivity index (χ1) is 8.88. The maximum absolute atomic E-state index is 12.1. The number of aliphatic hydroxyl groups excluding tert-OH is 1. The molecular weight excluding hydrogens is 288 g/mol. The van der Waals surface area contributed by atoms with Crippen molar-refractivity contribution in [2.24, 2.45) is 5.92 Å². The summed E-state index contributed by atoms with van der Waals surface area (Å²) in [5.41, 5.74) is 0.581. The zero-order valence-electron chi connectivity index (χ0n) is 10.7. The average molecular weight is 305 g/mol. The second-order valence-corrected chi connectivity index (χ2v) is 7.39. The summed E-state index contributed by atoms with van der Waals surface area (Å²) in [4.78, 5) is 3.85. The lowest BCUT2D eigenvalue weighted by atomic mass is 10.2. The van der Waals surface area contributed by atoms with E-state index in [1.54, 1.807) is 12.1 Å². The van der Waals surface area contributed by atoms with Gasteiger partial charge in [-0.1, -0.05) is 17.7 Å². The Kier molecular flexibility index (Phi) is 4.45. The van der Waals surface area contributed by atoms with E-state index in [0.717, 1.165) is 12.8 Å². The molecule has 7 heteroatoms. The molecule has 1 aliphatic carbocycles. The predicted molar refractivity (Wildman–Crippen MR) is 73.2 cm³/mol. The van der Waals surface area contributed by atoms with Gasteiger partial charge in [0.25, 0.3) is 0 Å². The largest absolute Gasteiger partial charge is 0.391 e. The minimum Gasteiger partial charge on any atom is -0.391 e. The van der Waals surface area contributed by atoms with Gasteiger partial charge in [0.15, 0.2) is 0 Å². The fraction of sp³-hybridized carbons (Fsp3) is 0.583. The molecule has 0 saturated heterocycles. The van der Waals surface area contributed by atoms with E-state index >= 15 is 0 Å². The third-order valence-corrected chi connectivity index (χ3v) is 5.24. The number of aromatic nitrogens is 1. The van der Waals surface area contributed by atoms with Gasteiger partial charge in [-0.25, -0.2) is 17.7 Å². The van der Waals surface area contributed by atoms with Crippen molar-refractivity contribution in [3.63, 3.8) is 0 Å². The molecule has 1 unspecified atom stereocenters. The van der Waals surface area contributed by atoms with E-state index in [9.17, 15) is 13.5 Å². The number of pyridine rings is 1. The van der Waals surface area contributed by atoms with Gasteiger partial charge in [0.1, 0.15) is 5.15 Å². The summed E-state index contributed by atoms with van der Waals surface area (Å²) in [6.45, 7) is 0.147. The van der Waals surface area contributed by atoms with Gasteiger partial charge in [0.2, 0.25) is 10.0 Å². The normalized spacial score (nSPS) is 17.7. The minimum atomic E-state index is -3.44. The smallest absolute Gasteiger partial charge is 0.218 e. The van der Waals surface area contributed by atoms with Crippen LogP contribution in [0.2, 0.25) is 5.15 Å². The van der Waals surface area contributed by atoms with E-state index in [-0.39, 0.29) is 18.2 Å². The van der Waals surface area contributed by atoms with Gasteiger partial charge in [0, 0.05) is 19.8 Å². The minimum absolute atomic E-state index is 0.134. The number of nitrogens with zero attached hydrogens (tertiary/aromatic N) is 2. The van der Waals surface area contributed by atoms with Gasteiger partial charge in [-0.05, 0) is 30.4 Å². The van der Waals surface area contributed by atoms with E-state index in [1.165, 1.54) is 17.5 Å². The van der Waals surface area contributed by atoms with Crippen molar-refractivity contribution in [1.82, 2.24) is 9.29 Å². The van der Waals surface area contributed by atoms with Crippen molar-refractivity contribution in [3.8, 4) is 0 Å². The molecule has 19 heavy (non-hydrogen) atoms. The Morgan fingerprint density at radius 3 is 2.74 bits per heavy atom. The maximum atomic E-state index is 12.1. The lowest BCUT2D eigenvalue weighted by Crippen LogP contribution is -2.36. The quantitative estimate of drug-likeness (QED) is 0.804. The van der Waals surface area contributed by atoms with E-state index < -0.39 is 16.1 Å². The number of sulfonamides is 1. The van der Waals surface area contributed by atoms with Crippen LogP contribution in [0.4, 0.5) is 0 Å². The summed E-state index contributed by atoms with van der Waals surface area (Å²) in [6, 6.07) is 3.20. The number of likely N-dealkylation sites (N-methyl/N-ethyl adjacent to an activating group) is 1. The van der Waals surface area contributed by atoms with Gasteiger partial charge in [0.05, 0.1) is 11.9 Å². The van der Waals surface area contributed by atoms with Crippen LogP contribution >= 0.6 is 11.6 Å². The number of aliphatic hydroxyl groups is 1. The van der Waals surface area contributed by atoms with Crippen molar-refractivity contribution < 1.29 is 13.5 Å². The highest BCUT2D eigenvalue weighted by molar-refractivity contribution is 7.88. The van der Waals surface area contributed by atoms with Gasteiger partial charge >= 0.3 is 0 Å². The Bertz CT molecular complexity index is 528. The van der Waals surface area contributed by atoms with Crippen LogP contribution < -0.4 is 0 Å². The van der Waals surface area contributed by atoms with E-state index in [1.807, 2.05) is 0 Å². The second-order valence-electron chi connectivity index (χ2n) is 4.93. The molecule has 1 aromatic heterocycles. The van der Waals surface area contributed by atoms with Crippen molar-refractivity contribution in [3.05, 3.63) is 29.0 Å². The fourth-order valence-corrected chi connectivity index (χ4v) is 3.12. The molecule has 0 aliphatic heterocycles. The van der Waals surface area contributed by atoms with Crippen LogP contribution in [0.5, 0.6) is 0 Å². The summed E-state index contributed by atoms with van der Waals surface area (Å²) in [7, 11) is -1.95. The Balaban J connectivity index is 1.98. The van der Waals surface area contributed by atoms with Crippen LogP contribution in [0.1, 0.15) is 18.4 Å². The molecule has 2 rings (SSSR count). The molecular formula is C12H17ClN2O3S. The molecule has 1 aliphatic rings. The van der Waals surface area contributed by atoms with Crippen molar-refractivity contribution in [1.29, 1.82) is 0 Å². The summed E-state index contributed by atoms with van der Waals surface area (Å²) in [5, 5.41) is 10.1. The Morgan fingerprint density at radius 1 is 1.53 bits per heavy atom. The third-order valence-electron chi connectivity index (χ3n) is 3.22. The summed E-state index contributed by atoms with van der Waals surface area (Å²) < 4.78 is 25.4. The number of rotatable bonds is 6. The predicted octanol–water partition coefficient (Wildman–Crippen LogP) is 1.27. The molecule has 0 radical (unpaired) electrons. The highest BCUT2D eigenvalue weighted by Crippen LogP contribution is 2.33. The van der Waals surface area contributed by atoms with Crippen LogP contribution in [0.25, 0.3) is 0 Å². The monoisotopic (exact) mass is 304 g/mol. The molecule has 1 heterocycles. The molecule has 1 saturated carbocycles. The molecule has 0 amide bonds. The van der Waals surface area contributed by atoms with Crippen molar-refractivity contribution >= 4 is 21.6 Å². The second kappa shape index (κ2) is 5.75. The van der Waals surface area contributed by atoms with Crippen LogP contribution in [0.15, 0.2) is 18.3 Å². The molecule has 1 N–H and O–H groups in total. The standard InChI is InChI=1S/C12H17ClN2O3S/c1-15(7-11(16)10-3-4-10)19(17,18)8-9-2-5-12(13)14-6-9/h2,5-6,10-11,16H,3-4,7-8H2,1H3. The van der Waals surface area contributed by atoms with Gasteiger partial charge in [-0.3, -0.25) is 0 Å². The molecule has 0 bridgehead atoms. The van der Waals surface area contributed by atoms with Crippen molar-refractivity contribution in [2.45, 2.75) is 24.7 Å². The molecule has 5 nitrogen and oxygen atoms in total. The van der Waals surface area contributed by atoms with Crippen LogP contribution in [0.3, 0.4) is 0 Å². The number of hydrogen-bond donors (Lipinski definition) is 1. The lowest BCUT2D eigenvalue weighted by Gasteiger charge is -2.20. The molecule has 1 atom stereocenters. The van der Waals surface area contributed by atoms with Crippen LogP contribution in [0, 0.1) is 5.92 Å². The summed E-state index contributed by atoms with van der Waals surface area (Å²) >= 11 is 5.65. The SMILES string of the molecule is CN(CC(O)C1CC1)S(=O)(=O)Cc1ccc(Cl)nc1. The van der Waals surface area contributed by atoms with E-state index in [0.29, 0.717) is 10.7 Å². The first kappa shape index (κ1) is 14.7. The molecule has 0 spiro atoms. The molecule has 1 aromatic rings. The summed E-state index contributed by atoms with van der Waals surface area (Å²) in [5.74, 6) is 0.125. The fourth-order valence-electron chi connectivity index (χ4n) is 1.82. The number of halogens is 1. The molecule has 106 valence electrons. The zero-order chi connectivity index (χ0) is 14.0.